The lowest BCUT2D eigenvalue weighted by atomic mass is 10.1. The Morgan fingerprint density at radius 1 is 1.37 bits per heavy atom. The molecule has 0 bridgehead atoms. The van der Waals surface area contributed by atoms with Gasteiger partial charge in [-0.2, -0.15) is 4.98 Å². The fourth-order valence-corrected chi connectivity index (χ4v) is 2.13. The van der Waals surface area contributed by atoms with Gasteiger partial charge in [-0.25, -0.2) is 0 Å². The van der Waals surface area contributed by atoms with Crippen LogP contribution in [0.4, 0.5) is 0 Å². The minimum absolute atomic E-state index is 0.0748. The Morgan fingerprint density at radius 3 is 3.11 bits per heavy atom. The zero-order valence-corrected chi connectivity index (χ0v) is 10.3. The molecule has 0 saturated heterocycles. The quantitative estimate of drug-likeness (QED) is 0.841. The van der Waals surface area contributed by atoms with Crippen molar-refractivity contribution in [2.24, 2.45) is 0 Å². The minimum Gasteiger partial charge on any atom is -0.352 e. The zero-order chi connectivity index (χ0) is 13.1. The van der Waals surface area contributed by atoms with Crippen molar-refractivity contribution in [2.75, 3.05) is 6.54 Å². The Bertz CT molecular complexity index is 580. The van der Waals surface area contributed by atoms with Crippen molar-refractivity contribution >= 4 is 5.91 Å². The predicted octanol–water partition coefficient (Wildman–Crippen LogP) is 0.645. The molecule has 98 valence electrons. The number of fused-ring (bicyclic) bond motifs is 1. The van der Waals surface area contributed by atoms with E-state index in [-0.39, 0.29) is 5.91 Å². The average molecular weight is 258 g/mol. The summed E-state index contributed by atoms with van der Waals surface area (Å²) in [5.41, 5.74) is 3.15. The smallest absolute Gasteiger partial charge is 0.251 e. The molecule has 1 aromatic carbocycles. The predicted molar refractivity (Wildman–Crippen MR) is 67.3 cm³/mol. The van der Waals surface area contributed by atoms with Crippen LogP contribution in [0.2, 0.25) is 0 Å². The van der Waals surface area contributed by atoms with E-state index >= 15 is 0 Å². The summed E-state index contributed by atoms with van der Waals surface area (Å²) >= 11 is 0. The van der Waals surface area contributed by atoms with Crippen LogP contribution in [0, 0.1) is 0 Å². The third-order valence-corrected chi connectivity index (χ3v) is 3.13. The molecule has 1 aliphatic heterocycles. The van der Waals surface area contributed by atoms with E-state index in [0.717, 1.165) is 13.1 Å². The second kappa shape index (κ2) is 5.19. The van der Waals surface area contributed by atoms with E-state index in [2.05, 4.69) is 20.8 Å². The highest BCUT2D eigenvalue weighted by molar-refractivity contribution is 5.94. The number of hydrogen-bond donors (Lipinski definition) is 2. The first-order chi connectivity index (χ1) is 9.33. The molecule has 2 aromatic rings. The van der Waals surface area contributed by atoms with Crippen LogP contribution >= 0.6 is 0 Å². The van der Waals surface area contributed by atoms with Gasteiger partial charge in [0.1, 0.15) is 0 Å². The SMILES string of the molecule is O=C(NCCc1ncno1)c1ccc2c(c1)CNC2. The highest BCUT2D eigenvalue weighted by Crippen LogP contribution is 2.16. The van der Waals surface area contributed by atoms with Crippen molar-refractivity contribution in [1.82, 2.24) is 20.8 Å². The summed E-state index contributed by atoms with van der Waals surface area (Å²) in [6, 6.07) is 5.80. The van der Waals surface area contributed by atoms with Crippen LogP contribution in [0.15, 0.2) is 29.0 Å². The number of benzene rings is 1. The molecular weight excluding hydrogens is 244 g/mol. The fraction of sp³-hybridized carbons (Fsp3) is 0.308. The maximum atomic E-state index is 12.0. The normalized spacial score (nSPS) is 13.3. The topological polar surface area (TPSA) is 80.1 Å². The molecule has 0 saturated carbocycles. The Morgan fingerprint density at radius 2 is 2.26 bits per heavy atom. The largest absolute Gasteiger partial charge is 0.352 e. The first-order valence-electron chi connectivity index (χ1n) is 6.19. The second-order valence-corrected chi connectivity index (χ2v) is 4.43. The zero-order valence-electron chi connectivity index (χ0n) is 10.3. The van der Waals surface area contributed by atoms with E-state index in [1.165, 1.54) is 17.5 Å². The van der Waals surface area contributed by atoms with Crippen molar-refractivity contribution in [3.05, 3.63) is 47.1 Å². The van der Waals surface area contributed by atoms with E-state index in [0.29, 0.717) is 24.4 Å². The van der Waals surface area contributed by atoms with Gasteiger partial charge in [0.15, 0.2) is 6.33 Å². The summed E-state index contributed by atoms with van der Waals surface area (Å²) in [5.74, 6) is 0.452. The number of rotatable bonds is 4. The highest BCUT2D eigenvalue weighted by Gasteiger charge is 2.13. The molecule has 0 fully saturated rings. The summed E-state index contributed by atoms with van der Waals surface area (Å²) < 4.78 is 4.86. The number of nitrogens with zero attached hydrogens (tertiary/aromatic N) is 2. The molecule has 0 radical (unpaired) electrons. The van der Waals surface area contributed by atoms with E-state index in [1.807, 2.05) is 18.2 Å². The molecule has 0 spiro atoms. The van der Waals surface area contributed by atoms with Crippen molar-refractivity contribution < 1.29 is 9.32 Å². The molecule has 19 heavy (non-hydrogen) atoms. The van der Waals surface area contributed by atoms with Crippen LogP contribution in [0.25, 0.3) is 0 Å². The van der Waals surface area contributed by atoms with Gasteiger partial charge in [0.25, 0.3) is 5.91 Å². The number of carbonyl (C=O) groups excluding carboxylic acids is 1. The summed E-state index contributed by atoms with van der Waals surface area (Å²) in [4.78, 5) is 15.9. The van der Waals surface area contributed by atoms with Gasteiger partial charge in [0.05, 0.1) is 0 Å². The van der Waals surface area contributed by atoms with E-state index in [4.69, 9.17) is 4.52 Å². The van der Waals surface area contributed by atoms with Gasteiger partial charge in [0, 0.05) is 31.6 Å². The highest BCUT2D eigenvalue weighted by atomic mass is 16.5. The first-order valence-corrected chi connectivity index (χ1v) is 6.19. The molecule has 0 unspecified atom stereocenters. The minimum atomic E-state index is -0.0748. The Balaban J connectivity index is 1.58. The Labute approximate surface area is 110 Å². The molecule has 0 aliphatic carbocycles. The number of aromatic nitrogens is 2. The lowest BCUT2D eigenvalue weighted by Gasteiger charge is -2.05. The van der Waals surface area contributed by atoms with Crippen molar-refractivity contribution in [3.8, 4) is 0 Å². The standard InChI is InChI=1S/C13H14N4O2/c18-13(15-4-3-12-16-8-17-19-12)9-1-2-10-6-14-7-11(10)5-9/h1-2,5,8,14H,3-4,6-7H2,(H,15,18). The Hall–Kier alpha value is -2.21. The fourth-order valence-electron chi connectivity index (χ4n) is 2.13. The van der Waals surface area contributed by atoms with Gasteiger partial charge in [0.2, 0.25) is 5.89 Å². The first kappa shape index (κ1) is 11.9. The van der Waals surface area contributed by atoms with Crippen molar-refractivity contribution in [2.45, 2.75) is 19.5 Å². The molecule has 2 N–H and O–H groups in total. The van der Waals surface area contributed by atoms with Crippen LogP contribution in [-0.2, 0) is 19.5 Å². The van der Waals surface area contributed by atoms with E-state index < -0.39 is 0 Å². The van der Waals surface area contributed by atoms with Crippen LogP contribution in [0.1, 0.15) is 27.4 Å². The molecule has 1 aromatic heterocycles. The Kier molecular flexibility index (Phi) is 3.24. The molecular formula is C13H14N4O2. The summed E-state index contributed by atoms with van der Waals surface area (Å²) in [5, 5.41) is 9.61. The van der Waals surface area contributed by atoms with Gasteiger partial charge in [-0.15, -0.1) is 0 Å². The second-order valence-electron chi connectivity index (χ2n) is 4.43. The molecule has 0 atom stereocenters. The molecule has 2 heterocycles. The molecule has 3 rings (SSSR count). The molecule has 6 heteroatoms. The maximum absolute atomic E-state index is 12.0. The maximum Gasteiger partial charge on any atom is 0.251 e. The lowest BCUT2D eigenvalue weighted by molar-refractivity contribution is 0.0953. The third kappa shape index (κ3) is 2.63. The van der Waals surface area contributed by atoms with Gasteiger partial charge >= 0.3 is 0 Å². The van der Waals surface area contributed by atoms with Gasteiger partial charge in [-0.1, -0.05) is 11.2 Å². The van der Waals surface area contributed by atoms with Crippen LogP contribution in [0.5, 0.6) is 0 Å². The van der Waals surface area contributed by atoms with Crippen molar-refractivity contribution in [1.29, 1.82) is 0 Å². The number of amides is 1. The lowest BCUT2D eigenvalue weighted by Crippen LogP contribution is -2.25. The molecule has 6 nitrogen and oxygen atoms in total. The van der Waals surface area contributed by atoms with E-state index in [1.54, 1.807) is 0 Å². The van der Waals surface area contributed by atoms with Crippen LogP contribution in [0.3, 0.4) is 0 Å². The summed E-state index contributed by atoms with van der Waals surface area (Å²) in [6.07, 6.45) is 1.89. The van der Waals surface area contributed by atoms with Gasteiger partial charge < -0.3 is 15.2 Å². The average Bonchev–Trinajstić information content (AvgIpc) is 3.08. The van der Waals surface area contributed by atoms with Crippen molar-refractivity contribution in [3.63, 3.8) is 0 Å². The monoisotopic (exact) mass is 258 g/mol. The number of carbonyl (C=O) groups is 1. The van der Waals surface area contributed by atoms with E-state index in [9.17, 15) is 4.79 Å². The summed E-state index contributed by atoms with van der Waals surface area (Å²) in [6.45, 7) is 2.20. The number of hydrogen-bond acceptors (Lipinski definition) is 5. The van der Waals surface area contributed by atoms with Crippen LogP contribution < -0.4 is 10.6 Å². The number of nitrogens with one attached hydrogen (secondary N) is 2. The van der Waals surface area contributed by atoms with Gasteiger partial charge in [-0.05, 0) is 23.3 Å². The molecule has 1 amide bonds. The summed E-state index contributed by atoms with van der Waals surface area (Å²) in [7, 11) is 0. The third-order valence-electron chi connectivity index (χ3n) is 3.13. The van der Waals surface area contributed by atoms with Crippen LogP contribution in [-0.4, -0.2) is 22.6 Å². The molecule has 1 aliphatic rings. The van der Waals surface area contributed by atoms with Gasteiger partial charge in [-0.3, -0.25) is 4.79 Å².